The normalized spacial score (nSPS) is 16.3. The van der Waals surface area contributed by atoms with E-state index in [0.717, 1.165) is 47.5 Å². The summed E-state index contributed by atoms with van der Waals surface area (Å²) in [5.41, 5.74) is 2.99. The van der Waals surface area contributed by atoms with Crippen LogP contribution in [-0.2, 0) is 7.05 Å². The van der Waals surface area contributed by atoms with Crippen molar-refractivity contribution in [1.82, 2.24) is 19.9 Å². The highest BCUT2D eigenvalue weighted by Crippen LogP contribution is 2.32. The van der Waals surface area contributed by atoms with E-state index in [0.29, 0.717) is 23.3 Å². The third kappa shape index (κ3) is 4.57. The van der Waals surface area contributed by atoms with E-state index in [4.69, 9.17) is 4.98 Å². The minimum Gasteiger partial charge on any atom is -0.338 e. The molecular formula is C24H28BrN5O. The maximum Gasteiger partial charge on any atom is 0.263 e. The molecule has 1 aliphatic rings. The van der Waals surface area contributed by atoms with Crippen molar-refractivity contribution in [1.29, 1.82) is 0 Å². The van der Waals surface area contributed by atoms with E-state index < -0.39 is 0 Å². The molecule has 162 valence electrons. The van der Waals surface area contributed by atoms with Crippen LogP contribution in [0.25, 0.3) is 22.4 Å². The van der Waals surface area contributed by atoms with E-state index in [2.05, 4.69) is 45.0 Å². The highest BCUT2D eigenvalue weighted by atomic mass is 79.9. The first-order chi connectivity index (χ1) is 15.0. The summed E-state index contributed by atoms with van der Waals surface area (Å²) in [6.07, 6.45) is 5.67. The van der Waals surface area contributed by atoms with Gasteiger partial charge in [-0.2, -0.15) is 0 Å². The smallest absolute Gasteiger partial charge is 0.263 e. The first-order valence-corrected chi connectivity index (χ1v) is 11.5. The van der Waals surface area contributed by atoms with Gasteiger partial charge in [0.2, 0.25) is 5.95 Å². The van der Waals surface area contributed by atoms with Gasteiger partial charge in [0.1, 0.15) is 0 Å². The van der Waals surface area contributed by atoms with Crippen LogP contribution in [0.1, 0.15) is 26.7 Å². The van der Waals surface area contributed by atoms with E-state index in [9.17, 15) is 4.79 Å². The van der Waals surface area contributed by atoms with E-state index in [-0.39, 0.29) is 5.56 Å². The highest BCUT2D eigenvalue weighted by molar-refractivity contribution is 9.10. The lowest BCUT2D eigenvalue weighted by Crippen LogP contribution is -2.43. The van der Waals surface area contributed by atoms with Gasteiger partial charge in [-0.25, -0.2) is 4.98 Å². The number of aromatic nitrogens is 3. The van der Waals surface area contributed by atoms with Crippen molar-refractivity contribution in [3.8, 4) is 22.4 Å². The highest BCUT2D eigenvalue weighted by Gasteiger charge is 2.29. The molecule has 3 aromatic rings. The third-order valence-corrected chi connectivity index (χ3v) is 6.22. The minimum absolute atomic E-state index is 0.0441. The predicted octanol–water partition coefficient (Wildman–Crippen LogP) is 4.24. The average Bonchev–Trinajstić information content (AvgIpc) is 3.23. The second-order valence-electron chi connectivity index (χ2n) is 8.30. The lowest BCUT2D eigenvalue weighted by atomic mass is 10.0. The van der Waals surface area contributed by atoms with Crippen LogP contribution in [0.15, 0.2) is 58.1 Å². The van der Waals surface area contributed by atoms with Gasteiger partial charge in [-0.1, -0.05) is 41.9 Å². The summed E-state index contributed by atoms with van der Waals surface area (Å²) in [5.74, 6) is 0.726. The Morgan fingerprint density at radius 1 is 1.19 bits per heavy atom. The molecule has 31 heavy (non-hydrogen) atoms. The number of hydrogen-bond acceptors (Lipinski definition) is 5. The number of halogens is 1. The van der Waals surface area contributed by atoms with Crippen molar-refractivity contribution in [2.45, 2.75) is 38.8 Å². The zero-order valence-corrected chi connectivity index (χ0v) is 19.8. The van der Waals surface area contributed by atoms with Crippen LogP contribution in [0.2, 0.25) is 0 Å². The molecule has 0 radical (unpaired) electrons. The molecule has 6 nitrogen and oxygen atoms in total. The Kier molecular flexibility index (Phi) is 6.53. The molecule has 4 rings (SSSR count). The lowest BCUT2D eigenvalue weighted by Gasteiger charge is -2.29. The Bertz CT molecular complexity index is 1110. The summed E-state index contributed by atoms with van der Waals surface area (Å²) in [6, 6.07) is 12.4. The van der Waals surface area contributed by atoms with Gasteiger partial charge in [-0.3, -0.25) is 14.3 Å². The number of anilines is 1. The van der Waals surface area contributed by atoms with Crippen LogP contribution in [0, 0.1) is 0 Å². The summed E-state index contributed by atoms with van der Waals surface area (Å²) in [5, 5.41) is 3.54. The van der Waals surface area contributed by atoms with Gasteiger partial charge in [0, 0.05) is 54.7 Å². The van der Waals surface area contributed by atoms with Crippen LogP contribution < -0.4 is 15.8 Å². The molecule has 1 aliphatic heterocycles. The fourth-order valence-corrected chi connectivity index (χ4v) is 4.55. The molecule has 0 amide bonds. The van der Waals surface area contributed by atoms with Crippen molar-refractivity contribution in [2.75, 3.05) is 18.0 Å². The standard InChI is InChI=1S/C24H28BrN5O/c1-16(2)27-15-20-8-5-13-30(20)24-28-22(17-9-11-26-12-10-17)21(23(31)29(24)3)18-6-4-7-19(25)14-18/h4,6-7,9-12,14,16,20,27H,5,8,13,15H2,1-3H3. The third-order valence-electron chi connectivity index (χ3n) is 5.73. The fourth-order valence-electron chi connectivity index (χ4n) is 4.15. The molecule has 1 fully saturated rings. The largest absolute Gasteiger partial charge is 0.338 e. The maximum absolute atomic E-state index is 13.7. The zero-order valence-electron chi connectivity index (χ0n) is 18.2. The van der Waals surface area contributed by atoms with Crippen LogP contribution >= 0.6 is 15.9 Å². The minimum atomic E-state index is -0.0441. The van der Waals surface area contributed by atoms with E-state index in [1.807, 2.05) is 43.4 Å². The molecule has 7 heteroatoms. The molecule has 0 saturated carbocycles. The summed E-state index contributed by atoms with van der Waals surface area (Å²) in [7, 11) is 1.83. The molecule has 1 aromatic carbocycles. The Morgan fingerprint density at radius 2 is 1.97 bits per heavy atom. The molecule has 0 bridgehead atoms. The molecule has 0 aliphatic carbocycles. The van der Waals surface area contributed by atoms with Gasteiger partial charge >= 0.3 is 0 Å². The van der Waals surface area contributed by atoms with E-state index >= 15 is 0 Å². The number of benzene rings is 1. The first kappa shape index (κ1) is 21.7. The van der Waals surface area contributed by atoms with Crippen molar-refractivity contribution < 1.29 is 0 Å². The van der Waals surface area contributed by atoms with Gasteiger partial charge in [0.25, 0.3) is 5.56 Å². The first-order valence-electron chi connectivity index (χ1n) is 10.7. The summed E-state index contributed by atoms with van der Waals surface area (Å²) >= 11 is 3.53. The molecular weight excluding hydrogens is 454 g/mol. The van der Waals surface area contributed by atoms with Crippen molar-refractivity contribution in [3.63, 3.8) is 0 Å². The Balaban J connectivity index is 1.87. The average molecular weight is 482 g/mol. The molecule has 1 atom stereocenters. The number of hydrogen-bond donors (Lipinski definition) is 1. The molecule has 2 aromatic heterocycles. The number of pyridine rings is 1. The topological polar surface area (TPSA) is 63.0 Å². The maximum atomic E-state index is 13.7. The number of rotatable bonds is 6. The molecule has 1 N–H and O–H groups in total. The summed E-state index contributed by atoms with van der Waals surface area (Å²) in [6.45, 7) is 6.09. The Labute approximate surface area is 191 Å². The van der Waals surface area contributed by atoms with Gasteiger partial charge in [-0.05, 0) is 42.7 Å². The van der Waals surface area contributed by atoms with Crippen molar-refractivity contribution >= 4 is 21.9 Å². The molecule has 1 unspecified atom stereocenters. The second kappa shape index (κ2) is 9.32. The summed E-state index contributed by atoms with van der Waals surface area (Å²) < 4.78 is 2.63. The van der Waals surface area contributed by atoms with Crippen LogP contribution in [0.5, 0.6) is 0 Å². The number of nitrogens with one attached hydrogen (secondary N) is 1. The summed E-state index contributed by atoms with van der Waals surface area (Å²) in [4.78, 5) is 25.2. The number of nitrogens with zero attached hydrogens (tertiary/aromatic N) is 4. The predicted molar refractivity (Wildman–Crippen MR) is 129 cm³/mol. The van der Waals surface area contributed by atoms with E-state index in [1.165, 1.54) is 0 Å². The zero-order chi connectivity index (χ0) is 22.0. The Hall–Kier alpha value is -2.51. The van der Waals surface area contributed by atoms with E-state index in [1.54, 1.807) is 17.0 Å². The van der Waals surface area contributed by atoms with Crippen LogP contribution in [-0.4, -0.2) is 39.7 Å². The van der Waals surface area contributed by atoms with Gasteiger partial charge in [-0.15, -0.1) is 0 Å². The lowest BCUT2D eigenvalue weighted by molar-refractivity contribution is 0.517. The monoisotopic (exact) mass is 481 g/mol. The van der Waals surface area contributed by atoms with Gasteiger partial charge in [0.05, 0.1) is 11.3 Å². The van der Waals surface area contributed by atoms with Gasteiger partial charge in [0.15, 0.2) is 0 Å². The van der Waals surface area contributed by atoms with Crippen LogP contribution in [0.4, 0.5) is 5.95 Å². The molecule has 0 spiro atoms. The molecule has 3 heterocycles. The fraction of sp³-hybridized carbons (Fsp3) is 0.375. The Morgan fingerprint density at radius 3 is 2.68 bits per heavy atom. The SMILES string of the molecule is CC(C)NCC1CCCN1c1nc(-c2ccncc2)c(-c2cccc(Br)c2)c(=O)n1C. The van der Waals surface area contributed by atoms with Crippen molar-refractivity contribution in [3.05, 3.63) is 63.6 Å². The molecule has 1 saturated heterocycles. The van der Waals surface area contributed by atoms with Crippen LogP contribution in [0.3, 0.4) is 0 Å². The quantitative estimate of drug-likeness (QED) is 0.570. The van der Waals surface area contributed by atoms with Gasteiger partial charge < -0.3 is 10.2 Å². The van der Waals surface area contributed by atoms with Crippen molar-refractivity contribution in [2.24, 2.45) is 7.05 Å². The second-order valence-corrected chi connectivity index (χ2v) is 9.21.